The molecule has 3 aromatic rings. The van der Waals surface area contributed by atoms with Crippen LogP contribution in [0.3, 0.4) is 0 Å². The first kappa shape index (κ1) is 33.3. The largest absolute Gasteiger partial charge is 0.493 e. The van der Waals surface area contributed by atoms with E-state index in [0.29, 0.717) is 23.8 Å². The van der Waals surface area contributed by atoms with Crippen LogP contribution < -0.4 is 19.5 Å². The summed E-state index contributed by atoms with van der Waals surface area (Å²) in [6, 6.07) is 14.0. The van der Waals surface area contributed by atoms with Gasteiger partial charge in [0, 0.05) is 43.0 Å². The molecule has 1 atom stereocenters. The number of halogens is 1. The van der Waals surface area contributed by atoms with E-state index >= 15 is 0 Å². The second-order valence-corrected chi connectivity index (χ2v) is 14.1. The van der Waals surface area contributed by atoms with Gasteiger partial charge in [0.15, 0.2) is 21.3 Å². The molecule has 1 unspecified atom stereocenters. The number of ether oxygens (including phenoxy) is 2. The van der Waals surface area contributed by atoms with Crippen LogP contribution in [0, 0.1) is 0 Å². The summed E-state index contributed by atoms with van der Waals surface area (Å²) in [5.74, 6) is -0.280. The van der Waals surface area contributed by atoms with Crippen LogP contribution in [0.15, 0.2) is 83.1 Å². The van der Waals surface area contributed by atoms with Crippen molar-refractivity contribution in [3.63, 3.8) is 0 Å². The van der Waals surface area contributed by atoms with E-state index in [-0.39, 0.29) is 32.5 Å². The predicted molar refractivity (Wildman–Crippen MR) is 171 cm³/mol. The molecule has 3 aromatic carbocycles. The van der Waals surface area contributed by atoms with Crippen LogP contribution in [0.4, 0.5) is 11.4 Å². The lowest BCUT2D eigenvalue weighted by Gasteiger charge is -2.37. The van der Waals surface area contributed by atoms with E-state index in [1.165, 1.54) is 81.0 Å². The number of piperazine rings is 1. The molecular formula is C30H35ClN4O7S2. The van der Waals surface area contributed by atoms with Gasteiger partial charge in [-0.25, -0.2) is 16.8 Å². The van der Waals surface area contributed by atoms with E-state index in [1.54, 1.807) is 0 Å². The van der Waals surface area contributed by atoms with E-state index in [2.05, 4.69) is 28.4 Å². The van der Waals surface area contributed by atoms with Crippen molar-refractivity contribution in [3.8, 4) is 11.5 Å². The molecule has 1 saturated heterocycles. The van der Waals surface area contributed by atoms with Crippen LogP contribution in [0.1, 0.15) is 17.3 Å². The molecule has 0 saturated carbocycles. The van der Waals surface area contributed by atoms with Crippen LogP contribution in [0.5, 0.6) is 11.5 Å². The Hall–Kier alpha value is -3.62. The molecule has 1 aliphatic heterocycles. The summed E-state index contributed by atoms with van der Waals surface area (Å²) >= 11 is 5.90. The van der Waals surface area contributed by atoms with Crippen molar-refractivity contribution < 1.29 is 31.1 Å². The molecule has 0 aromatic heterocycles. The topological polar surface area (TPSA) is 134 Å². The number of nitrogens with zero attached hydrogens (tertiary/aromatic N) is 2. The molecule has 0 aliphatic carbocycles. The van der Waals surface area contributed by atoms with Gasteiger partial charge in [0.25, 0.3) is 15.9 Å². The number of carbonyl (C=O) groups excluding carboxylic acids is 1. The van der Waals surface area contributed by atoms with E-state index < -0.39 is 31.1 Å². The Labute approximate surface area is 263 Å². The zero-order valence-electron chi connectivity index (χ0n) is 24.6. The smallest absolute Gasteiger partial charge is 0.261 e. The zero-order valence-corrected chi connectivity index (χ0v) is 27.0. The maximum Gasteiger partial charge on any atom is 0.261 e. The number of likely N-dealkylation sites (N-methyl/N-ethyl adjacent to an activating group) is 1. The standard InChI is InChI=1S/C30H35ClN4O7S2/c1-5-29(35-17-15-34(6-2)16-18-35)43(37,38)23-13-9-22(10-14-23)32-30(36)25-19-27(41-3)28(42-4)20-26(25)33-44(39,40)24-11-7-21(31)8-12-24/h5,7-14,19-20,29,33H,1,6,15-18H2,2-4H3,(H,32,36). The number of hydrogen-bond acceptors (Lipinski definition) is 9. The zero-order chi connectivity index (χ0) is 32.1. The van der Waals surface area contributed by atoms with Gasteiger partial charge >= 0.3 is 0 Å². The lowest BCUT2D eigenvalue weighted by molar-refractivity contribution is 0.102. The minimum Gasteiger partial charge on any atom is -0.493 e. The van der Waals surface area contributed by atoms with Crippen molar-refractivity contribution in [1.82, 2.24) is 9.80 Å². The quantitative estimate of drug-likeness (QED) is 0.272. The first-order chi connectivity index (χ1) is 20.9. The number of methoxy groups -OCH3 is 2. The van der Waals surface area contributed by atoms with Crippen molar-refractivity contribution in [2.24, 2.45) is 0 Å². The van der Waals surface area contributed by atoms with Gasteiger partial charge in [-0.3, -0.25) is 14.4 Å². The predicted octanol–water partition coefficient (Wildman–Crippen LogP) is 4.33. The summed E-state index contributed by atoms with van der Waals surface area (Å²) in [5.41, 5.74) is 0.170. The summed E-state index contributed by atoms with van der Waals surface area (Å²) in [7, 11) is -5.13. The summed E-state index contributed by atoms with van der Waals surface area (Å²) in [6.45, 7) is 9.51. The lowest BCUT2D eigenvalue weighted by atomic mass is 10.1. The first-order valence-electron chi connectivity index (χ1n) is 13.7. The molecule has 1 fully saturated rings. The third-order valence-corrected chi connectivity index (χ3v) is 11.0. The SMILES string of the molecule is C=CC(N1CCN(CC)CC1)S(=O)(=O)c1ccc(NC(=O)c2cc(OC)c(OC)cc2NS(=O)(=O)c2ccc(Cl)cc2)cc1. The van der Waals surface area contributed by atoms with E-state index in [0.717, 1.165) is 19.6 Å². The Morgan fingerprint density at radius 2 is 1.50 bits per heavy atom. The van der Waals surface area contributed by atoms with Crippen LogP contribution in [-0.2, 0) is 19.9 Å². The number of carbonyl (C=O) groups is 1. The minimum atomic E-state index is -4.12. The lowest BCUT2D eigenvalue weighted by Crippen LogP contribution is -2.51. The highest BCUT2D eigenvalue weighted by molar-refractivity contribution is 7.92. The average molecular weight is 663 g/mol. The van der Waals surface area contributed by atoms with Crippen LogP contribution in [0.25, 0.3) is 0 Å². The van der Waals surface area contributed by atoms with Gasteiger partial charge in [-0.05, 0) is 61.1 Å². The van der Waals surface area contributed by atoms with E-state index in [1.807, 2.05) is 4.90 Å². The second-order valence-electron chi connectivity index (χ2n) is 9.93. The normalized spacial score (nSPS) is 15.3. The molecule has 44 heavy (non-hydrogen) atoms. The minimum absolute atomic E-state index is 0.0603. The number of benzene rings is 3. The van der Waals surface area contributed by atoms with Crippen molar-refractivity contribution >= 4 is 48.7 Å². The Kier molecular flexibility index (Phi) is 10.6. The Bertz CT molecular complexity index is 1710. The maximum absolute atomic E-state index is 13.5. The molecule has 2 N–H and O–H groups in total. The van der Waals surface area contributed by atoms with E-state index in [9.17, 15) is 21.6 Å². The van der Waals surface area contributed by atoms with Crippen LogP contribution >= 0.6 is 11.6 Å². The Balaban J connectivity index is 1.58. The van der Waals surface area contributed by atoms with Gasteiger partial charge in [-0.1, -0.05) is 24.6 Å². The van der Waals surface area contributed by atoms with Gasteiger partial charge in [-0.2, -0.15) is 0 Å². The van der Waals surface area contributed by atoms with Crippen molar-refractivity contribution in [3.05, 3.63) is 83.9 Å². The highest BCUT2D eigenvalue weighted by Gasteiger charge is 2.32. The monoisotopic (exact) mass is 662 g/mol. The summed E-state index contributed by atoms with van der Waals surface area (Å²) in [4.78, 5) is 17.6. The molecule has 0 spiro atoms. The number of hydrogen-bond donors (Lipinski definition) is 2. The van der Waals surface area contributed by atoms with Crippen LogP contribution in [-0.4, -0.2) is 84.9 Å². The molecule has 0 bridgehead atoms. The van der Waals surface area contributed by atoms with Gasteiger partial charge in [-0.15, -0.1) is 6.58 Å². The number of sulfone groups is 1. The van der Waals surface area contributed by atoms with Crippen molar-refractivity contribution in [2.75, 3.05) is 57.0 Å². The van der Waals surface area contributed by atoms with Gasteiger partial charge < -0.3 is 19.7 Å². The number of nitrogens with one attached hydrogen (secondary N) is 2. The molecule has 0 radical (unpaired) electrons. The molecule has 4 rings (SSSR count). The van der Waals surface area contributed by atoms with E-state index in [4.69, 9.17) is 21.1 Å². The van der Waals surface area contributed by atoms with Crippen LogP contribution in [0.2, 0.25) is 5.02 Å². The molecule has 1 aliphatic rings. The summed E-state index contributed by atoms with van der Waals surface area (Å²) < 4.78 is 66.3. The molecule has 14 heteroatoms. The Morgan fingerprint density at radius 1 is 0.932 bits per heavy atom. The van der Waals surface area contributed by atoms with Gasteiger partial charge in [0.1, 0.15) is 5.37 Å². The maximum atomic E-state index is 13.5. The molecule has 1 amide bonds. The summed E-state index contributed by atoms with van der Waals surface area (Å²) in [6.07, 6.45) is 1.44. The fourth-order valence-corrected chi connectivity index (χ4v) is 7.69. The van der Waals surface area contributed by atoms with Crippen molar-refractivity contribution in [1.29, 1.82) is 0 Å². The van der Waals surface area contributed by atoms with Gasteiger partial charge in [0.2, 0.25) is 0 Å². The fourth-order valence-electron chi connectivity index (χ4n) is 4.84. The molecular weight excluding hydrogens is 628 g/mol. The highest BCUT2D eigenvalue weighted by atomic mass is 35.5. The van der Waals surface area contributed by atoms with Gasteiger partial charge in [0.05, 0.1) is 35.3 Å². The second kappa shape index (κ2) is 14.0. The average Bonchev–Trinajstić information content (AvgIpc) is 3.01. The fraction of sp³-hybridized carbons (Fsp3) is 0.300. The third-order valence-electron chi connectivity index (χ3n) is 7.31. The number of sulfonamides is 1. The summed E-state index contributed by atoms with van der Waals surface area (Å²) in [5, 5.41) is 2.18. The third kappa shape index (κ3) is 7.36. The molecule has 236 valence electrons. The molecule has 1 heterocycles. The number of amides is 1. The highest BCUT2D eigenvalue weighted by Crippen LogP contribution is 2.35. The number of anilines is 2. The first-order valence-corrected chi connectivity index (χ1v) is 17.1. The van der Waals surface area contributed by atoms with Crippen molar-refractivity contribution in [2.45, 2.75) is 22.1 Å². The number of rotatable bonds is 12. The molecule has 11 nitrogen and oxygen atoms in total. The Morgan fingerprint density at radius 3 is 2.05 bits per heavy atom.